The lowest BCUT2D eigenvalue weighted by molar-refractivity contribution is 0.101. The van der Waals surface area contributed by atoms with Gasteiger partial charge < -0.3 is 15.6 Å². The minimum Gasteiger partial charge on any atom is -0.397 e. The molecule has 2 rings (SSSR count). The zero-order chi connectivity index (χ0) is 13.3. The number of hydrogen-bond acceptors (Lipinski definition) is 3. The summed E-state index contributed by atoms with van der Waals surface area (Å²) in [4.78, 5) is 12.1. The summed E-state index contributed by atoms with van der Waals surface area (Å²) in [6, 6.07) is 3.60. The first kappa shape index (κ1) is 12.2. The first-order valence-corrected chi connectivity index (χ1v) is 5.78. The molecule has 6 heteroatoms. The smallest absolute Gasteiger partial charge is 0.273 e. The van der Waals surface area contributed by atoms with Gasteiger partial charge in [0.2, 0.25) is 0 Å². The van der Waals surface area contributed by atoms with Crippen molar-refractivity contribution < 1.29 is 4.79 Å². The number of hydrogen-bond donors (Lipinski definition) is 3. The molecule has 0 bridgehead atoms. The van der Waals surface area contributed by atoms with Crippen LogP contribution in [0, 0.1) is 6.92 Å². The molecule has 0 aromatic carbocycles. The third kappa shape index (κ3) is 2.37. The Morgan fingerprint density at radius 3 is 2.78 bits per heavy atom. The van der Waals surface area contributed by atoms with Crippen molar-refractivity contribution in [3.63, 3.8) is 0 Å². The second-order valence-electron chi connectivity index (χ2n) is 4.55. The fourth-order valence-electron chi connectivity index (χ4n) is 1.77. The molecule has 2 aromatic heterocycles. The van der Waals surface area contributed by atoms with Gasteiger partial charge in [0, 0.05) is 24.0 Å². The highest BCUT2D eigenvalue weighted by Crippen LogP contribution is 2.17. The summed E-state index contributed by atoms with van der Waals surface area (Å²) >= 11 is 0. The van der Waals surface area contributed by atoms with Crippen molar-refractivity contribution in [3.05, 3.63) is 29.7 Å². The zero-order valence-corrected chi connectivity index (χ0v) is 10.7. The summed E-state index contributed by atoms with van der Waals surface area (Å²) in [5.74, 6) is 0.291. The van der Waals surface area contributed by atoms with Crippen molar-refractivity contribution in [3.8, 4) is 0 Å². The van der Waals surface area contributed by atoms with Crippen molar-refractivity contribution in [2.45, 2.75) is 26.8 Å². The van der Waals surface area contributed by atoms with Crippen molar-refractivity contribution in [2.24, 2.45) is 0 Å². The number of aryl methyl sites for hydroxylation is 1. The van der Waals surface area contributed by atoms with E-state index in [4.69, 9.17) is 5.73 Å². The van der Waals surface area contributed by atoms with Crippen LogP contribution in [0.3, 0.4) is 0 Å². The molecule has 6 nitrogen and oxygen atoms in total. The number of nitrogens with two attached hydrogens (primary N) is 1. The minimum atomic E-state index is -0.216. The lowest BCUT2D eigenvalue weighted by atomic mass is 10.3. The predicted octanol–water partition coefficient (Wildman–Crippen LogP) is 1.94. The van der Waals surface area contributed by atoms with Gasteiger partial charge in [0.25, 0.3) is 5.91 Å². The molecule has 0 saturated carbocycles. The van der Waals surface area contributed by atoms with E-state index in [9.17, 15) is 4.79 Å². The monoisotopic (exact) mass is 247 g/mol. The largest absolute Gasteiger partial charge is 0.397 e. The van der Waals surface area contributed by atoms with E-state index in [1.807, 2.05) is 25.3 Å². The van der Waals surface area contributed by atoms with Gasteiger partial charge in [0.15, 0.2) is 5.82 Å². The number of rotatable bonds is 3. The maximum atomic E-state index is 12.1. The number of carbonyl (C=O) groups is 1. The molecule has 0 radical (unpaired) electrons. The van der Waals surface area contributed by atoms with Gasteiger partial charge in [0.1, 0.15) is 5.69 Å². The Morgan fingerprint density at radius 1 is 1.50 bits per heavy atom. The number of amides is 1. The Hall–Kier alpha value is -2.24. The molecule has 18 heavy (non-hydrogen) atoms. The molecule has 2 heterocycles. The van der Waals surface area contributed by atoms with Crippen LogP contribution in [0.25, 0.3) is 0 Å². The van der Waals surface area contributed by atoms with Gasteiger partial charge in [-0.3, -0.25) is 9.89 Å². The van der Waals surface area contributed by atoms with E-state index >= 15 is 0 Å². The van der Waals surface area contributed by atoms with E-state index in [0.717, 1.165) is 5.69 Å². The Kier molecular flexibility index (Phi) is 3.10. The highest BCUT2D eigenvalue weighted by Gasteiger charge is 2.15. The number of nitrogens with one attached hydrogen (secondary N) is 2. The summed E-state index contributed by atoms with van der Waals surface area (Å²) in [5, 5.41) is 9.47. The average molecular weight is 247 g/mol. The SMILES string of the molecule is Cc1cc(NC(=O)c2cc(N)cn2C(C)C)n[nH]1. The molecule has 0 atom stereocenters. The van der Waals surface area contributed by atoms with Gasteiger partial charge in [-0.05, 0) is 26.8 Å². The molecule has 0 unspecified atom stereocenters. The van der Waals surface area contributed by atoms with E-state index in [-0.39, 0.29) is 11.9 Å². The van der Waals surface area contributed by atoms with E-state index in [1.54, 1.807) is 18.3 Å². The van der Waals surface area contributed by atoms with Crippen LogP contribution < -0.4 is 11.1 Å². The molecule has 96 valence electrons. The fourth-order valence-corrected chi connectivity index (χ4v) is 1.77. The number of nitrogen functional groups attached to an aromatic ring is 1. The van der Waals surface area contributed by atoms with Crippen LogP contribution in [0.5, 0.6) is 0 Å². The number of aromatic nitrogens is 3. The average Bonchev–Trinajstić information content (AvgIpc) is 2.85. The van der Waals surface area contributed by atoms with Gasteiger partial charge in [0.05, 0.1) is 5.69 Å². The van der Waals surface area contributed by atoms with Crippen LogP contribution in [-0.2, 0) is 0 Å². The molecule has 0 aliphatic heterocycles. The van der Waals surface area contributed by atoms with Gasteiger partial charge in [-0.25, -0.2) is 0 Å². The highest BCUT2D eigenvalue weighted by atomic mass is 16.2. The number of nitrogens with zero attached hydrogens (tertiary/aromatic N) is 2. The molecular formula is C12H17N5O. The van der Waals surface area contributed by atoms with E-state index in [1.165, 1.54) is 0 Å². The topological polar surface area (TPSA) is 88.7 Å². The van der Waals surface area contributed by atoms with Gasteiger partial charge in [-0.15, -0.1) is 0 Å². The summed E-state index contributed by atoms with van der Waals surface area (Å²) in [5.41, 5.74) is 7.73. The fraction of sp³-hybridized carbons (Fsp3) is 0.333. The minimum absolute atomic E-state index is 0.170. The van der Waals surface area contributed by atoms with Crippen molar-refractivity contribution in [2.75, 3.05) is 11.1 Å². The maximum Gasteiger partial charge on any atom is 0.273 e. The lowest BCUT2D eigenvalue weighted by Crippen LogP contribution is -2.17. The first-order valence-electron chi connectivity index (χ1n) is 5.78. The molecular weight excluding hydrogens is 230 g/mol. The molecule has 4 N–H and O–H groups in total. The van der Waals surface area contributed by atoms with Crippen LogP contribution in [0.4, 0.5) is 11.5 Å². The van der Waals surface area contributed by atoms with Crippen LogP contribution in [0.2, 0.25) is 0 Å². The van der Waals surface area contributed by atoms with E-state index in [2.05, 4.69) is 15.5 Å². The first-order chi connectivity index (χ1) is 8.47. The second-order valence-corrected chi connectivity index (χ2v) is 4.55. The third-order valence-corrected chi connectivity index (χ3v) is 2.61. The molecule has 0 fully saturated rings. The van der Waals surface area contributed by atoms with Crippen molar-refractivity contribution >= 4 is 17.4 Å². The molecule has 0 saturated heterocycles. The normalized spacial score (nSPS) is 10.9. The Labute approximate surface area is 105 Å². The van der Waals surface area contributed by atoms with Crippen LogP contribution in [0.1, 0.15) is 36.1 Å². The highest BCUT2D eigenvalue weighted by molar-refractivity contribution is 6.03. The quantitative estimate of drug-likeness (QED) is 0.774. The van der Waals surface area contributed by atoms with Gasteiger partial charge in [-0.1, -0.05) is 0 Å². The number of anilines is 2. The van der Waals surface area contributed by atoms with Gasteiger partial charge >= 0.3 is 0 Å². The van der Waals surface area contributed by atoms with Crippen LogP contribution in [0.15, 0.2) is 18.3 Å². The summed E-state index contributed by atoms with van der Waals surface area (Å²) in [6.07, 6.45) is 1.76. The molecule has 0 aliphatic rings. The Bertz CT molecular complexity index is 567. The van der Waals surface area contributed by atoms with Crippen molar-refractivity contribution in [1.82, 2.24) is 14.8 Å². The lowest BCUT2D eigenvalue weighted by Gasteiger charge is -2.11. The second kappa shape index (κ2) is 4.56. The summed E-state index contributed by atoms with van der Waals surface area (Å²) < 4.78 is 1.84. The maximum absolute atomic E-state index is 12.1. The van der Waals surface area contributed by atoms with Crippen molar-refractivity contribution in [1.29, 1.82) is 0 Å². The Morgan fingerprint density at radius 2 is 2.22 bits per heavy atom. The molecule has 2 aromatic rings. The third-order valence-electron chi connectivity index (χ3n) is 2.61. The van der Waals surface area contributed by atoms with Gasteiger partial charge in [-0.2, -0.15) is 5.10 Å². The molecule has 0 spiro atoms. The van der Waals surface area contributed by atoms with Crippen LogP contribution in [-0.4, -0.2) is 20.7 Å². The Balaban J connectivity index is 2.23. The number of carbonyl (C=O) groups excluding carboxylic acids is 1. The van der Waals surface area contributed by atoms with Crippen LogP contribution >= 0.6 is 0 Å². The standard InChI is InChI=1S/C12H17N5O/c1-7(2)17-6-9(13)5-10(17)12(18)14-11-4-8(3)15-16-11/h4-7H,13H2,1-3H3,(H2,14,15,16,18). The van der Waals surface area contributed by atoms with E-state index < -0.39 is 0 Å². The molecule has 1 amide bonds. The molecule has 0 aliphatic carbocycles. The van der Waals surface area contributed by atoms with E-state index in [0.29, 0.717) is 17.2 Å². The summed E-state index contributed by atoms with van der Waals surface area (Å²) in [7, 11) is 0. The zero-order valence-electron chi connectivity index (χ0n) is 10.7. The number of H-pyrrole nitrogens is 1. The summed E-state index contributed by atoms with van der Waals surface area (Å²) in [6.45, 7) is 5.86. The predicted molar refractivity (Wildman–Crippen MR) is 70.5 cm³/mol. The number of aromatic amines is 1.